The number of hydrogen-bond acceptors (Lipinski definition) is 4. The molecule has 0 saturated carbocycles. The molecule has 0 spiro atoms. The van der Waals surface area contributed by atoms with Gasteiger partial charge < -0.3 is 20.1 Å². The lowest BCUT2D eigenvalue weighted by Gasteiger charge is -2.21. The first-order valence-electron chi connectivity index (χ1n) is 6.49. The van der Waals surface area contributed by atoms with Gasteiger partial charge in [0.1, 0.15) is 13.2 Å². The SMILES string of the molecule is CC(C)(C)NCC(=O)Nc1cc2c(cc1Br)OCCO2. The molecule has 5 nitrogen and oxygen atoms in total. The number of hydrogen-bond donors (Lipinski definition) is 2. The fraction of sp³-hybridized carbons (Fsp3) is 0.500. The van der Waals surface area contributed by atoms with Crippen LogP contribution in [0.15, 0.2) is 16.6 Å². The van der Waals surface area contributed by atoms with Gasteiger partial charge in [0.05, 0.1) is 12.2 Å². The summed E-state index contributed by atoms with van der Waals surface area (Å²) in [5, 5.41) is 5.99. The zero-order valence-electron chi connectivity index (χ0n) is 11.9. The van der Waals surface area contributed by atoms with E-state index in [-0.39, 0.29) is 18.0 Å². The maximum Gasteiger partial charge on any atom is 0.238 e. The van der Waals surface area contributed by atoms with Gasteiger partial charge in [0.2, 0.25) is 5.91 Å². The van der Waals surface area contributed by atoms with Crippen LogP contribution in [0.1, 0.15) is 20.8 Å². The Morgan fingerprint density at radius 3 is 2.45 bits per heavy atom. The number of carbonyl (C=O) groups is 1. The number of ether oxygens (including phenoxy) is 2. The third kappa shape index (κ3) is 4.11. The van der Waals surface area contributed by atoms with Crippen molar-refractivity contribution in [1.29, 1.82) is 0 Å². The molecule has 1 aromatic carbocycles. The highest BCUT2D eigenvalue weighted by atomic mass is 79.9. The van der Waals surface area contributed by atoms with E-state index in [1.165, 1.54) is 0 Å². The molecule has 1 aromatic rings. The first-order valence-corrected chi connectivity index (χ1v) is 7.28. The molecule has 6 heteroatoms. The number of rotatable bonds is 3. The minimum Gasteiger partial charge on any atom is -0.486 e. The van der Waals surface area contributed by atoms with Crippen LogP contribution in [0, 0.1) is 0 Å². The van der Waals surface area contributed by atoms with Gasteiger partial charge in [-0.15, -0.1) is 0 Å². The lowest BCUT2D eigenvalue weighted by Crippen LogP contribution is -2.41. The van der Waals surface area contributed by atoms with Crippen LogP contribution in [0.2, 0.25) is 0 Å². The summed E-state index contributed by atoms with van der Waals surface area (Å²) in [7, 11) is 0. The zero-order chi connectivity index (χ0) is 14.8. The summed E-state index contributed by atoms with van der Waals surface area (Å²) < 4.78 is 11.7. The molecule has 0 unspecified atom stereocenters. The standard InChI is InChI=1S/C14H19BrN2O3/c1-14(2,3)16-8-13(18)17-10-7-12-11(6-9(10)15)19-4-5-20-12/h6-7,16H,4-5,8H2,1-3H3,(H,17,18). The Bertz CT molecular complexity index is 512. The van der Waals surface area contributed by atoms with Gasteiger partial charge in [0.15, 0.2) is 11.5 Å². The molecule has 0 bridgehead atoms. The first kappa shape index (κ1) is 15.1. The average molecular weight is 343 g/mol. The van der Waals surface area contributed by atoms with Crippen molar-refractivity contribution >= 4 is 27.5 Å². The van der Waals surface area contributed by atoms with Crippen LogP contribution in [0.25, 0.3) is 0 Å². The first-order chi connectivity index (χ1) is 9.35. The smallest absolute Gasteiger partial charge is 0.238 e. The van der Waals surface area contributed by atoms with Crippen LogP contribution in [-0.2, 0) is 4.79 Å². The van der Waals surface area contributed by atoms with Crippen molar-refractivity contribution in [3.8, 4) is 11.5 Å². The summed E-state index contributed by atoms with van der Waals surface area (Å²) in [4.78, 5) is 11.9. The number of carbonyl (C=O) groups excluding carboxylic acids is 1. The van der Waals surface area contributed by atoms with E-state index >= 15 is 0 Å². The Morgan fingerprint density at radius 1 is 1.25 bits per heavy atom. The minimum absolute atomic E-state index is 0.0959. The molecular formula is C14H19BrN2O3. The van der Waals surface area contributed by atoms with E-state index in [1.807, 2.05) is 20.8 Å². The van der Waals surface area contributed by atoms with Gasteiger partial charge in [-0.2, -0.15) is 0 Å². The van der Waals surface area contributed by atoms with Gasteiger partial charge in [-0.05, 0) is 36.7 Å². The summed E-state index contributed by atoms with van der Waals surface area (Å²) in [6.07, 6.45) is 0. The van der Waals surface area contributed by atoms with Crippen molar-refractivity contribution in [2.24, 2.45) is 0 Å². The topological polar surface area (TPSA) is 59.6 Å². The van der Waals surface area contributed by atoms with Crippen molar-refractivity contribution in [2.75, 3.05) is 25.1 Å². The van der Waals surface area contributed by atoms with E-state index in [4.69, 9.17) is 9.47 Å². The van der Waals surface area contributed by atoms with Crippen molar-refractivity contribution in [3.05, 3.63) is 16.6 Å². The molecule has 1 heterocycles. The molecule has 20 heavy (non-hydrogen) atoms. The second kappa shape index (κ2) is 6.01. The average Bonchev–Trinajstić information content (AvgIpc) is 2.36. The lowest BCUT2D eigenvalue weighted by molar-refractivity contribution is -0.115. The zero-order valence-corrected chi connectivity index (χ0v) is 13.5. The van der Waals surface area contributed by atoms with Crippen molar-refractivity contribution in [2.45, 2.75) is 26.3 Å². The Balaban J connectivity index is 2.04. The third-order valence-corrected chi connectivity index (χ3v) is 3.34. The Hall–Kier alpha value is -1.27. The van der Waals surface area contributed by atoms with Crippen LogP contribution >= 0.6 is 15.9 Å². The van der Waals surface area contributed by atoms with Crippen LogP contribution in [0.5, 0.6) is 11.5 Å². The van der Waals surface area contributed by atoms with E-state index in [2.05, 4.69) is 26.6 Å². The molecule has 0 aromatic heterocycles. The van der Waals surface area contributed by atoms with Crippen molar-refractivity contribution in [1.82, 2.24) is 5.32 Å². The molecule has 1 aliphatic heterocycles. The number of anilines is 1. The quantitative estimate of drug-likeness (QED) is 0.886. The van der Waals surface area contributed by atoms with E-state index in [0.717, 1.165) is 4.47 Å². The summed E-state index contributed by atoms with van der Waals surface area (Å²) >= 11 is 3.42. The van der Waals surface area contributed by atoms with Gasteiger partial charge in [0, 0.05) is 22.1 Å². The maximum atomic E-state index is 11.9. The lowest BCUT2D eigenvalue weighted by atomic mass is 10.1. The van der Waals surface area contributed by atoms with Crippen molar-refractivity contribution < 1.29 is 14.3 Å². The van der Waals surface area contributed by atoms with E-state index in [9.17, 15) is 4.79 Å². The van der Waals surface area contributed by atoms with Crippen LogP contribution in [0.4, 0.5) is 5.69 Å². The monoisotopic (exact) mass is 342 g/mol. The molecule has 2 N–H and O–H groups in total. The van der Waals surface area contributed by atoms with E-state index in [1.54, 1.807) is 12.1 Å². The highest BCUT2D eigenvalue weighted by Crippen LogP contribution is 2.38. The van der Waals surface area contributed by atoms with Gasteiger partial charge >= 0.3 is 0 Å². The van der Waals surface area contributed by atoms with Gasteiger partial charge in [-0.25, -0.2) is 0 Å². The highest BCUT2D eigenvalue weighted by molar-refractivity contribution is 9.10. The predicted octanol–water partition coefficient (Wildman–Crippen LogP) is 2.55. The summed E-state index contributed by atoms with van der Waals surface area (Å²) in [5.74, 6) is 1.24. The van der Waals surface area contributed by atoms with Crippen LogP contribution in [0.3, 0.4) is 0 Å². The van der Waals surface area contributed by atoms with Crippen LogP contribution in [-0.4, -0.2) is 31.2 Å². The fourth-order valence-electron chi connectivity index (χ4n) is 1.70. The molecule has 1 amide bonds. The molecule has 2 rings (SSSR count). The second-order valence-electron chi connectivity index (χ2n) is 5.63. The Labute approximate surface area is 127 Å². The van der Waals surface area contributed by atoms with Crippen LogP contribution < -0.4 is 20.1 Å². The minimum atomic E-state index is -0.0997. The summed E-state index contributed by atoms with van der Waals surface area (Å²) in [6.45, 7) is 7.36. The third-order valence-electron chi connectivity index (χ3n) is 2.69. The second-order valence-corrected chi connectivity index (χ2v) is 6.48. The normalized spacial score (nSPS) is 14.0. The highest BCUT2D eigenvalue weighted by Gasteiger charge is 2.17. The van der Waals surface area contributed by atoms with E-state index in [0.29, 0.717) is 30.4 Å². The Kier molecular flexibility index (Phi) is 4.55. The number of benzene rings is 1. The predicted molar refractivity (Wildman–Crippen MR) is 81.5 cm³/mol. The van der Waals surface area contributed by atoms with Gasteiger partial charge in [-0.1, -0.05) is 0 Å². The number of amides is 1. The molecule has 110 valence electrons. The number of nitrogens with one attached hydrogen (secondary N) is 2. The van der Waals surface area contributed by atoms with Crippen molar-refractivity contribution in [3.63, 3.8) is 0 Å². The molecule has 0 fully saturated rings. The molecule has 0 saturated heterocycles. The van der Waals surface area contributed by atoms with Gasteiger partial charge in [0.25, 0.3) is 0 Å². The molecule has 1 aliphatic rings. The number of halogens is 1. The molecular weight excluding hydrogens is 324 g/mol. The van der Waals surface area contributed by atoms with Gasteiger partial charge in [-0.3, -0.25) is 4.79 Å². The summed E-state index contributed by atoms with van der Waals surface area (Å²) in [5.41, 5.74) is 0.580. The molecule has 0 atom stereocenters. The number of fused-ring (bicyclic) bond motifs is 1. The fourth-order valence-corrected chi connectivity index (χ4v) is 2.12. The van der Waals surface area contributed by atoms with E-state index < -0.39 is 0 Å². The summed E-state index contributed by atoms with van der Waals surface area (Å²) in [6, 6.07) is 3.58. The molecule has 0 aliphatic carbocycles. The molecule has 0 radical (unpaired) electrons. The largest absolute Gasteiger partial charge is 0.486 e. The maximum absolute atomic E-state index is 11.9. The Morgan fingerprint density at radius 2 is 1.85 bits per heavy atom.